The largest absolute Gasteiger partial charge is 0.480 e. The molecule has 2 atom stereocenters. The predicted octanol–water partition coefficient (Wildman–Crippen LogP) is 0.443. The summed E-state index contributed by atoms with van der Waals surface area (Å²) in [5.41, 5.74) is 0. The SMILES string of the molecule is CCCCOC(=O)N1CC(O)CC1C(=O)O. The third kappa shape index (κ3) is 3.10. The Morgan fingerprint density at radius 2 is 2.19 bits per heavy atom. The molecule has 2 unspecified atom stereocenters. The normalized spacial score (nSPS) is 24.5. The number of hydrogen-bond donors (Lipinski definition) is 2. The molecule has 6 nitrogen and oxygen atoms in total. The molecule has 0 aromatic heterocycles. The first-order chi connectivity index (χ1) is 7.56. The van der Waals surface area contributed by atoms with Gasteiger partial charge in [0.1, 0.15) is 6.04 Å². The van der Waals surface area contributed by atoms with Crippen LogP contribution in [0.1, 0.15) is 26.2 Å². The lowest BCUT2D eigenvalue weighted by Crippen LogP contribution is -2.41. The molecule has 2 N–H and O–H groups in total. The molecule has 0 radical (unpaired) electrons. The number of aliphatic hydroxyl groups is 1. The molecule has 0 aromatic rings. The first-order valence-corrected chi connectivity index (χ1v) is 5.40. The molecule has 1 fully saturated rings. The van der Waals surface area contributed by atoms with Crippen molar-refractivity contribution in [1.29, 1.82) is 0 Å². The van der Waals surface area contributed by atoms with Crippen LogP contribution in [-0.4, -0.2) is 52.5 Å². The number of carboxylic acid groups (broad SMARTS) is 1. The fourth-order valence-corrected chi connectivity index (χ4v) is 1.64. The van der Waals surface area contributed by atoms with Crippen molar-refractivity contribution in [3.8, 4) is 0 Å². The smallest absolute Gasteiger partial charge is 0.410 e. The highest BCUT2D eigenvalue weighted by Gasteiger charge is 2.39. The van der Waals surface area contributed by atoms with Gasteiger partial charge in [-0.15, -0.1) is 0 Å². The number of nitrogens with zero attached hydrogens (tertiary/aromatic N) is 1. The van der Waals surface area contributed by atoms with E-state index < -0.39 is 24.2 Å². The molecular weight excluding hydrogens is 214 g/mol. The van der Waals surface area contributed by atoms with Crippen LogP contribution in [0.2, 0.25) is 0 Å². The standard InChI is InChI=1S/C10H17NO5/c1-2-3-4-16-10(15)11-6-7(12)5-8(11)9(13)14/h7-8,12H,2-6H2,1H3,(H,13,14). The van der Waals surface area contributed by atoms with Gasteiger partial charge < -0.3 is 14.9 Å². The molecule has 0 bridgehead atoms. The first kappa shape index (κ1) is 12.8. The van der Waals surface area contributed by atoms with E-state index in [1.54, 1.807) is 0 Å². The van der Waals surface area contributed by atoms with Crippen molar-refractivity contribution < 1.29 is 24.5 Å². The van der Waals surface area contributed by atoms with E-state index in [-0.39, 0.29) is 19.6 Å². The number of ether oxygens (including phenoxy) is 1. The Hall–Kier alpha value is -1.30. The minimum absolute atomic E-state index is 0.0297. The molecule has 0 saturated carbocycles. The average Bonchev–Trinajstić information content (AvgIpc) is 2.61. The fraction of sp³-hybridized carbons (Fsp3) is 0.800. The van der Waals surface area contributed by atoms with Crippen molar-refractivity contribution in [2.24, 2.45) is 0 Å². The van der Waals surface area contributed by atoms with Gasteiger partial charge in [-0.2, -0.15) is 0 Å². The van der Waals surface area contributed by atoms with Crippen molar-refractivity contribution >= 4 is 12.1 Å². The first-order valence-electron chi connectivity index (χ1n) is 5.40. The van der Waals surface area contributed by atoms with Gasteiger partial charge in [-0.25, -0.2) is 9.59 Å². The zero-order chi connectivity index (χ0) is 12.1. The molecule has 92 valence electrons. The Labute approximate surface area is 93.8 Å². The molecule has 1 saturated heterocycles. The summed E-state index contributed by atoms with van der Waals surface area (Å²) in [7, 11) is 0. The van der Waals surface area contributed by atoms with Crippen molar-refractivity contribution in [3.05, 3.63) is 0 Å². The van der Waals surface area contributed by atoms with E-state index in [0.29, 0.717) is 0 Å². The van der Waals surface area contributed by atoms with Crippen molar-refractivity contribution in [3.63, 3.8) is 0 Å². The van der Waals surface area contributed by atoms with E-state index in [9.17, 15) is 14.7 Å². The number of carboxylic acids is 1. The summed E-state index contributed by atoms with van der Waals surface area (Å²) < 4.78 is 4.91. The minimum Gasteiger partial charge on any atom is -0.480 e. The number of aliphatic hydroxyl groups excluding tert-OH is 1. The highest BCUT2D eigenvalue weighted by Crippen LogP contribution is 2.19. The number of likely N-dealkylation sites (tertiary alicyclic amines) is 1. The molecule has 1 amide bonds. The third-order valence-corrected chi connectivity index (χ3v) is 2.52. The monoisotopic (exact) mass is 231 g/mol. The van der Waals surface area contributed by atoms with Crippen LogP contribution in [0.25, 0.3) is 0 Å². The van der Waals surface area contributed by atoms with Crippen LogP contribution in [0, 0.1) is 0 Å². The number of unbranched alkanes of at least 4 members (excludes halogenated alkanes) is 1. The summed E-state index contributed by atoms with van der Waals surface area (Å²) in [4.78, 5) is 23.4. The van der Waals surface area contributed by atoms with Crippen LogP contribution in [-0.2, 0) is 9.53 Å². The summed E-state index contributed by atoms with van der Waals surface area (Å²) in [5, 5.41) is 18.2. The minimum atomic E-state index is -1.11. The maximum absolute atomic E-state index is 11.5. The van der Waals surface area contributed by atoms with Gasteiger partial charge in [0.25, 0.3) is 0 Å². The lowest BCUT2D eigenvalue weighted by atomic mass is 10.2. The van der Waals surface area contributed by atoms with Gasteiger partial charge in [-0.3, -0.25) is 4.90 Å². The lowest BCUT2D eigenvalue weighted by Gasteiger charge is -2.20. The topological polar surface area (TPSA) is 87.1 Å². The molecule has 6 heteroatoms. The number of rotatable bonds is 4. The summed E-state index contributed by atoms with van der Waals surface area (Å²) >= 11 is 0. The fourth-order valence-electron chi connectivity index (χ4n) is 1.64. The second-order valence-electron chi connectivity index (χ2n) is 3.86. The maximum atomic E-state index is 11.5. The number of hydrogen-bond acceptors (Lipinski definition) is 4. The van der Waals surface area contributed by atoms with Gasteiger partial charge in [0, 0.05) is 6.42 Å². The number of β-amino-alcohol motifs (C(OH)–C–C–N with tert-alkyl or cyclic N) is 1. The van der Waals surface area contributed by atoms with Gasteiger partial charge in [-0.1, -0.05) is 13.3 Å². The van der Waals surface area contributed by atoms with E-state index in [1.165, 1.54) is 0 Å². The third-order valence-electron chi connectivity index (χ3n) is 2.52. The van der Waals surface area contributed by atoms with Crippen molar-refractivity contribution in [1.82, 2.24) is 4.90 Å². The Kier molecular flexibility index (Phi) is 4.54. The highest BCUT2D eigenvalue weighted by molar-refractivity contribution is 5.80. The predicted molar refractivity (Wildman–Crippen MR) is 55.0 cm³/mol. The number of carbonyl (C=O) groups is 2. The Morgan fingerprint density at radius 3 is 2.75 bits per heavy atom. The van der Waals surface area contributed by atoms with Crippen molar-refractivity contribution in [2.45, 2.75) is 38.3 Å². The van der Waals surface area contributed by atoms with Gasteiger partial charge in [0.15, 0.2) is 0 Å². The maximum Gasteiger partial charge on any atom is 0.410 e. The average molecular weight is 231 g/mol. The molecule has 16 heavy (non-hydrogen) atoms. The highest BCUT2D eigenvalue weighted by atomic mass is 16.6. The van der Waals surface area contributed by atoms with Crippen LogP contribution in [0.4, 0.5) is 4.79 Å². The summed E-state index contributed by atoms with van der Waals surface area (Å²) in [5.74, 6) is -1.11. The molecule has 0 aromatic carbocycles. The lowest BCUT2D eigenvalue weighted by molar-refractivity contribution is -0.141. The molecule has 1 rings (SSSR count). The summed E-state index contributed by atoms with van der Waals surface area (Å²) in [6.07, 6.45) is 0.285. The Bertz CT molecular complexity index is 268. The van der Waals surface area contributed by atoms with Crippen LogP contribution in [0.5, 0.6) is 0 Å². The summed E-state index contributed by atoms with van der Waals surface area (Å²) in [6.45, 7) is 2.28. The number of amides is 1. The van der Waals surface area contributed by atoms with Crippen LogP contribution in [0.15, 0.2) is 0 Å². The molecule has 0 spiro atoms. The van der Waals surface area contributed by atoms with Crippen LogP contribution in [0.3, 0.4) is 0 Å². The quantitative estimate of drug-likeness (QED) is 0.686. The van der Waals surface area contributed by atoms with Crippen LogP contribution < -0.4 is 0 Å². The van der Waals surface area contributed by atoms with Crippen LogP contribution >= 0.6 is 0 Å². The zero-order valence-corrected chi connectivity index (χ0v) is 9.26. The van der Waals surface area contributed by atoms with Gasteiger partial charge in [0.2, 0.25) is 0 Å². The van der Waals surface area contributed by atoms with E-state index in [1.807, 2.05) is 6.92 Å². The van der Waals surface area contributed by atoms with Gasteiger partial charge >= 0.3 is 12.1 Å². The van der Waals surface area contributed by atoms with E-state index >= 15 is 0 Å². The van der Waals surface area contributed by atoms with Gasteiger partial charge in [0.05, 0.1) is 19.3 Å². The number of aliphatic carboxylic acids is 1. The molecule has 0 aliphatic carbocycles. The second-order valence-corrected chi connectivity index (χ2v) is 3.86. The molecule has 1 aliphatic rings. The van der Waals surface area contributed by atoms with Gasteiger partial charge in [-0.05, 0) is 6.42 Å². The molecule has 1 aliphatic heterocycles. The van der Waals surface area contributed by atoms with E-state index in [4.69, 9.17) is 9.84 Å². The van der Waals surface area contributed by atoms with E-state index in [0.717, 1.165) is 17.7 Å². The van der Waals surface area contributed by atoms with E-state index in [2.05, 4.69) is 0 Å². The number of carbonyl (C=O) groups excluding carboxylic acids is 1. The summed E-state index contributed by atoms with van der Waals surface area (Å²) in [6, 6.07) is -0.968. The zero-order valence-electron chi connectivity index (χ0n) is 9.26. The van der Waals surface area contributed by atoms with Crippen molar-refractivity contribution in [2.75, 3.05) is 13.2 Å². The Balaban J connectivity index is 2.50. The Morgan fingerprint density at radius 1 is 1.50 bits per heavy atom. The molecular formula is C10H17NO5. The molecule has 1 heterocycles. The second kappa shape index (κ2) is 5.69.